The van der Waals surface area contributed by atoms with Gasteiger partial charge in [0.15, 0.2) is 11.5 Å². The molecule has 0 aliphatic carbocycles. The molecule has 0 unspecified atom stereocenters. The molecule has 8 nitrogen and oxygen atoms in total. The summed E-state index contributed by atoms with van der Waals surface area (Å²) in [5.41, 5.74) is 3.54. The van der Waals surface area contributed by atoms with Crippen LogP contribution in [0.1, 0.15) is 24.1 Å². The van der Waals surface area contributed by atoms with Crippen molar-refractivity contribution in [1.29, 1.82) is 0 Å². The van der Waals surface area contributed by atoms with Gasteiger partial charge >= 0.3 is 0 Å². The molecule has 1 amide bonds. The van der Waals surface area contributed by atoms with Crippen LogP contribution in [-0.4, -0.2) is 34.9 Å². The maximum atomic E-state index is 13.5. The zero-order valence-electron chi connectivity index (χ0n) is 17.6. The van der Waals surface area contributed by atoms with E-state index in [9.17, 15) is 4.79 Å². The third-order valence-corrected chi connectivity index (χ3v) is 5.45. The molecule has 0 fully saturated rings. The van der Waals surface area contributed by atoms with Crippen LogP contribution < -0.4 is 20.1 Å². The highest BCUT2D eigenvalue weighted by molar-refractivity contribution is 6.31. The minimum Gasteiger partial charge on any atom is -0.493 e. The van der Waals surface area contributed by atoms with Gasteiger partial charge in [-0.3, -0.25) is 4.79 Å². The number of methoxy groups -OCH3 is 2. The first-order valence-corrected chi connectivity index (χ1v) is 9.97. The summed E-state index contributed by atoms with van der Waals surface area (Å²) in [5.74, 6) is 1.44. The number of carbonyl (C=O) groups excluding carboxylic acids is 1. The lowest BCUT2D eigenvalue weighted by Crippen LogP contribution is -2.31. The second kappa shape index (κ2) is 8.31. The molecule has 0 radical (unpaired) electrons. The van der Waals surface area contributed by atoms with E-state index in [-0.39, 0.29) is 5.91 Å². The molecule has 1 atom stereocenters. The Morgan fingerprint density at radius 3 is 2.65 bits per heavy atom. The lowest BCUT2D eigenvalue weighted by molar-refractivity contribution is -0.113. The van der Waals surface area contributed by atoms with Gasteiger partial charge < -0.3 is 20.1 Å². The minimum absolute atomic E-state index is 0.267. The number of fused-ring (bicyclic) bond motifs is 1. The van der Waals surface area contributed by atoms with Gasteiger partial charge in [0.05, 0.1) is 19.8 Å². The average Bonchev–Trinajstić information content (AvgIpc) is 3.22. The number of amides is 1. The summed E-state index contributed by atoms with van der Waals surface area (Å²) in [4.78, 5) is 17.7. The third kappa shape index (κ3) is 3.82. The van der Waals surface area contributed by atoms with Crippen molar-refractivity contribution >= 4 is 29.1 Å². The van der Waals surface area contributed by atoms with E-state index in [0.717, 1.165) is 11.1 Å². The van der Waals surface area contributed by atoms with Gasteiger partial charge in [-0.1, -0.05) is 23.7 Å². The minimum atomic E-state index is -0.516. The second-order valence-corrected chi connectivity index (χ2v) is 7.56. The molecule has 0 bridgehead atoms. The number of halogens is 1. The summed E-state index contributed by atoms with van der Waals surface area (Å²) in [6.07, 6.45) is 1.45. The van der Waals surface area contributed by atoms with Gasteiger partial charge in [0, 0.05) is 16.4 Å². The van der Waals surface area contributed by atoms with E-state index < -0.39 is 6.04 Å². The number of rotatable bonds is 5. The Morgan fingerprint density at radius 2 is 1.90 bits per heavy atom. The molecule has 160 valence electrons. The Labute approximate surface area is 184 Å². The fourth-order valence-electron chi connectivity index (χ4n) is 3.63. The van der Waals surface area contributed by atoms with E-state index in [4.69, 9.17) is 21.1 Å². The van der Waals surface area contributed by atoms with Crippen LogP contribution in [0.4, 0.5) is 11.6 Å². The van der Waals surface area contributed by atoms with E-state index in [1.165, 1.54) is 6.33 Å². The van der Waals surface area contributed by atoms with Crippen LogP contribution in [0.2, 0.25) is 5.02 Å². The zero-order valence-corrected chi connectivity index (χ0v) is 18.3. The second-order valence-electron chi connectivity index (χ2n) is 7.12. The largest absolute Gasteiger partial charge is 0.493 e. The van der Waals surface area contributed by atoms with Crippen LogP contribution in [-0.2, 0) is 4.79 Å². The van der Waals surface area contributed by atoms with E-state index >= 15 is 0 Å². The monoisotopic (exact) mass is 439 g/mol. The first kappa shape index (κ1) is 20.7. The van der Waals surface area contributed by atoms with Crippen molar-refractivity contribution in [2.24, 2.45) is 0 Å². The van der Waals surface area contributed by atoms with Gasteiger partial charge in [0.2, 0.25) is 5.95 Å². The van der Waals surface area contributed by atoms with Gasteiger partial charge in [-0.2, -0.15) is 10.1 Å². The maximum Gasteiger partial charge on any atom is 0.255 e. The van der Waals surface area contributed by atoms with E-state index in [1.807, 2.05) is 32.0 Å². The van der Waals surface area contributed by atoms with Crippen LogP contribution in [0.15, 0.2) is 54.0 Å². The van der Waals surface area contributed by atoms with E-state index in [2.05, 4.69) is 20.7 Å². The summed E-state index contributed by atoms with van der Waals surface area (Å²) in [5, 5.41) is 11.0. The number of nitrogens with one attached hydrogen (secondary N) is 2. The highest BCUT2D eigenvalue weighted by Crippen LogP contribution is 2.38. The lowest BCUT2D eigenvalue weighted by atomic mass is 9.94. The van der Waals surface area contributed by atoms with Crippen LogP contribution in [0, 0.1) is 6.92 Å². The molecule has 31 heavy (non-hydrogen) atoms. The van der Waals surface area contributed by atoms with Crippen molar-refractivity contribution in [2.45, 2.75) is 19.9 Å². The fraction of sp³-hybridized carbons (Fsp3) is 0.227. The number of aryl methyl sites for hydroxylation is 1. The molecule has 9 heteroatoms. The molecular weight excluding hydrogens is 418 g/mol. The Morgan fingerprint density at radius 1 is 1.13 bits per heavy atom. The molecule has 2 heterocycles. The van der Waals surface area contributed by atoms with Crippen LogP contribution in [0.25, 0.3) is 0 Å². The van der Waals surface area contributed by atoms with Crippen LogP contribution >= 0.6 is 11.6 Å². The topological polar surface area (TPSA) is 90.3 Å². The Kier molecular flexibility index (Phi) is 5.56. The number of nitrogens with zero attached hydrogens (tertiary/aromatic N) is 3. The number of anilines is 2. The molecule has 2 N–H and O–H groups in total. The number of hydrogen-bond acceptors (Lipinski definition) is 6. The molecule has 0 saturated heterocycles. The highest BCUT2D eigenvalue weighted by atomic mass is 35.5. The quantitative estimate of drug-likeness (QED) is 0.619. The molecule has 4 rings (SSSR count). The normalized spacial score (nSPS) is 15.2. The van der Waals surface area contributed by atoms with Crippen molar-refractivity contribution in [3.8, 4) is 11.5 Å². The van der Waals surface area contributed by atoms with Gasteiger partial charge in [-0.15, -0.1) is 0 Å². The molecule has 1 aromatic heterocycles. The number of ether oxygens (including phenoxy) is 2. The SMILES string of the molecule is COc1ccc([C@H]2C(C(=O)Nc3cc(Cl)ccc3C)=C(C)Nc3ncnn32)cc1OC. The highest BCUT2D eigenvalue weighted by Gasteiger charge is 2.34. The zero-order chi connectivity index (χ0) is 22.1. The summed E-state index contributed by atoms with van der Waals surface area (Å²) in [7, 11) is 3.15. The molecule has 0 spiro atoms. The van der Waals surface area contributed by atoms with Crippen molar-refractivity contribution in [2.75, 3.05) is 24.9 Å². The van der Waals surface area contributed by atoms with Crippen molar-refractivity contribution < 1.29 is 14.3 Å². The number of carbonyl (C=O) groups is 1. The maximum absolute atomic E-state index is 13.5. The number of hydrogen-bond donors (Lipinski definition) is 2. The molecule has 3 aromatic rings. The standard InChI is InChI=1S/C22H22ClN5O3/c1-12-5-7-15(23)10-16(12)27-21(29)19-13(2)26-22-24-11-25-28(22)20(19)14-6-8-17(30-3)18(9-14)31-4/h5-11,20H,1-4H3,(H,27,29)(H,24,25,26)/t20-/m0/s1. The summed E-state index contributed by atoms with van der Waals surface area (Å²) in [6, 6.07) is 10.4. The van der Waals surface area contributed by atoms with E-state index in [0.29, 0.717) is 39.4 Å². The van der Waals surface area contributed by atoms with Gasteiger partial charge in [0.1, 0.15) is 12.4 Å². The van der Waals surface area contributed by atoms with Gasteiger partial charge in [0.25, 0.3) is 5.91 Å². The third-order valence-electron chi connectivity index (χ3n) is 5.21. The van der Waals surface area contributed by atoms with Crippen molar-refractivity contribution in [1.82, 2.24) is 14.8 Å². The van der Waals surface area contributed by atoms with Crippen molar-refractivity contribution in [3.05, 3.63) is 70.1 Å². The predicted octanol–water partition coefficient (Wildman–Crippen LogP) is 4.18. The van der Waals surface area contributed by atoms with Gasteiger partial charge in [-0.25, -0.2) is 4.68 Å². The first-order valence-electron chi connectivity index (χ1n) is 9.59. The average molecular weight is 440 g/mol. The number of benzene rings is 2. The Bertz CT molecular complexity index is 1190. The van der Waals surface area contributed by atoms with Crippen molar-refractivity contribution in [3.63, 3.8) is 0 Å². The first-order chi connectivity index (χ1) is 14.9. The summed E-state index contributed by atoms with van der Waals surface area (Å²) < 4.78 is 12.5. The summed E-state index contributed by atoms with van der Waals surface area (Å²) >= 11 is 6.13. The molecule has 1 aliphatic heterocycles. The fourth-order valence-corrected chi connectivity index (χ4v) is 3.81. The Hall–Kier alpha value is -3.52. The van der Waals surface area contributed by atoms with E-state index in [1.54, 1.807) is 37.1 Å². The number of allylic oxidation sites excluding steroid dienone is 1. The van der Waals surface area contributed by atoms with Crippen LogP contribution in [0.5, 0.6) is 11.5 Å². The summed E-state index contributed by atoms with van der Waals surface area (Å²) in [6.45, 7) is 3.75. The number of aromatic nitrogens is 3. The molecule has 2 aromatic carbocycles. The molecule has 1 aliphatic rings. The van der Waals surface area contributed by atoms with Gasteiger partial charge in [-0.05, 0) is 49.2 Å². The van der Waals surface area contributed by atoms with Crippen LogP contribution in [0.3, 0.4) is 0 Å². The predicted molar refractivity (Wildman–Crippen MR) is 119 cm³/mol. The molecule has 0 saturated carbocycles. The molecular formula is C22H22ClN5O3. The smallest absolute Gasteiger partial charge is 0.255 e. The lowest BCUT2D eigenvalue weighted by Gasteiger charge is -2.29. The Balaban J connectivity index is 1.79.